The zero-order chi connectivity index (χ0) is 26.7. The highest BCUT2D eigenvalue weighted by atomic mass is 16.5. The molecule has 0 atom stereocenters. The van der Waals surface area contributed by atoms with E-state index in [-0.39, 0.29) is 17.7 Å². The first-order chi connectivity index (χ1) is 17.7. The molecule has 1 aliphatic rings. The number of urea groups is 1. The summed E-state index contributed by atoms with van der Waals surface area (Å²) < 4.78 is 11.2. The van der Waals surface area contributed by atoms with Gasteiger partial charge in [0.1, 0.15) is 12.2 Å². The van der Waals surface area contributed by atoms with E-state index in [0.29, 0.717) is 28.3 Å². The Labute approximate surface area is 212 Å². The summed E-state index contributed by atoms with van der Waals surface area (Å²) in [5.41, 5.74) is 3.13. The van der Waals surface area contributed by atoms with Gasteiger partial charge in [0.25, 0.3) is 11.8 Å². The average Bonchev–Trinajstić information content (AvgIpc) is 2.88. The minimum Gasteiger partial charge on any atom is -0.493 e. The molecule has 188 valence electrons. The van der Waals surface area contributed by atoms with Crippen LogP contribution in [0.1, 0.15) is 32.6 Å². The number of imide groups is 2. The van der Waals surface area contributed by atoms with Gasteiger partial charge in [-0.3, -0.25) is 14.9 Å². The molecule has 2 N–H and O–H groups in total. The Morgan fingerprint density at radius 1 is 1.00 bits per heavy atom. The van der Waals surface area contributed by atoms with Crippen molar-refractivity contribution >= 4 is 35.6 Å². The van der Waals surface area contributed by atoms with Crippen LogP contribution in [-0.2, 0) is 16.2 Å². The number of aromatic carboxylic acids is 1. The van der Waals surface area contributed by atoms with Crippen molar-refractivity contribution in [1.82, 2.24) is 5.32 Å². The monoisotopic (exact) mass is 500 g/mol. The highest BCUT2D eigenvalue weighted by Crippen LogP contribution is 2.31. The van der Waals surface area contributed by atoms with E-state index in [1.165, 1.54) is 25.3 Å². The molecule has 4 amide bonds. The van der Waals surface area contributed by atoms with Gasteiger partial charge in [-0.2, -0.15) is 0 Å². The van der Waals surface area contributed by atoms with Crippen LogP contribution in [0.3, 0.4) is 0 Å². The van der Waals surface area contributed by atoms with Gasteiger partial charge < -0.3 is 14.6 Å². The van der Waals surface area contributed by atoms with E-state index in [1.807, 2.05) is 13.0 Å². The van der Waals surface area contributed by atoms with Gasteiger partial charge in [-0.25, -0.2) is 14.5 Å². The predicted molar refractivity (Wildman–Crippen MR) is 136 cm³/mol. The first-order valence-electron chi connectivity index (χ1n) is 11.3. The number of carbonyl (C=O) groups excluding carboxylic acids is 3. The van der Waals surface area contributed by atoms with E-state index in [1.54, 1.807) is 49.4 Å². The third kappa shape index (κ3) is 5.20. The molecule has 1 heterocycles. The molecule has 1 aliphatic heterocycles. The summed E-state index contributed by atoms with van der Waals surface area (Å²) in [7, 11) is 1.45. The Kier molecular flexibility index (Phi) is 7.06. The molecule has 1 saturated heterocycles. The van der Waals surface area contributed by atoms with E-state index in [2.05, 4.69) is 5.32 Å². The van der Waals surface area contributed by atoms with Crippen LogP contribution in [0.2, 0.25) is 0 Å². The summed E-state index contributed by atoms with van der Waals surface area (Å²) in [6, 6.07) is 15.7. The standard InChI is InChI=1S/C28H24N2O7/c1-16-6-4-9-22(17(16)2)30-26(32)21(25(31)29-28(30)35)13-18-10-11-23(24(14-18)36-3)37-15-19-7-5-8-20(12-19)27(33)34/h4-14H,15H2,1-3H3,(H,33,34)(H,29,31,35). The lowest BCUT2D eigenvalue weighted by Crippen LogP contribution is -2.54. The quantitative estimate of drug-likeness (QED) is 0.367. The summed E-state index contributed by atoms with van der Waals surface area (Å²) in [5.74, 6) is -1.84. The molecule has 0 aliphatic carbocycles. The maximum atomic E-state index is 13.2. The van der Waals surface area contributed by atoms with Crippen molar-refractivity contribution in [3.05, 3.63) is 94.1 Å². The third-order valence-corrected chi connectivity index (χ3v) is 5.99. The van der Waals surface area contributed by atoms with Gasteiger partial charge in [0.05, 0.1) is 18.4 Å². The fraction of sp³-hybridized carbons (Fsp3) is 0.143. The van der Waals surface area contributed by atoms with Crippen molar-refractivity contribution in [2.45, 2.75) is 20.5 Å². The van der Waals surface area contributed by atoms with Crippen LogP contribution in [0.4, 0.5) is 10.5 Å². The van der Waals surface area contributed by atoms with Crippen LogP contribution >= 0.6 is 0 Å². The molecule has 0 unspecified atom stereocenters. The second-order valence-corrected chi connectivity index (χ2v) is 8.38. The molecule has 0 bridgehead atoms. The van der Waals surface area contributed by atoms with Crippen molar-refractivity contribution in [3.8, 4) is 11.5 Å². The van der Waals surface area contributed by atoms with Gasteiger partial charge in [-0.1, -0.05) is 30.3 Å². The summed E-state index contributed by atoms with van der Waals surface area (Å²) in [6.07, 6.45) is 1.38. The van der Waals surface area contributed by atoms with E-state index in [0.717, 1.165) is 16.0 Å². The molecule has 0 aromatic heterocycles. The Hall–Kier alpha value is -4.92. The number of nitrogens with one attached hydrogen (secondary N) is 1. The Morgan fingerprint density at radius 2 is 1.76 bits per heavy atom. The van der Waals surface area contributed by atoms with Gasteiger partial charge in [-0.15, -0.1) is 0 Å². The van der Waals surface area contributed by atoms with Crippen LogP contribution in [0.5, 0.6) is 11.5 Å². The van der Waals surface area contributed by atoms with Crippen LogP contribution in [0.15, 0.2) is 66.2 Å². The van der Waals surface area contributed by atoms with Gasteiger partial charge in [0.2, 0.25) is 0 Å². The summed E-state index contributed by atoms with van der Waals surface area (Å²) in [6.45, 7) is 3.77. The molecular formula is C28H24N2O7. The minimum absolute atomic E-state index is 0.103. The molecule has 1 fully saturated rings. The minimum atomic E-state index is -1.03. The van der Waals surface area contributed by atoms with Crippen molar-refractivity contribution in [2.24, 2.45) is 0 Å². The summed E-state index contributed by atoms with van der Waals surface area (Å²) in [5, 5.41) is 11.4. The molecule has 0 saturated carbocycles. The first kappa shape index (κ1) is 25.2. The second kappa shape index (κ2) is 10.4. The number of benzene rings is 3. The van der Waals surface area contributed by atoms with Crippen LogP contribution in [0, 0.1) is 13.8 Å². The SMILES string of the molecule is COc1cc(C=C2C(=O)NC(=O)N(c3cccc(C)c3C)C2=O)ccc1OCc1cccc(C(=O)O)c1. The number of carboxylic acids is 1. The summed E-state index contributed by atoms with van der Waals surface area (Å²) in [4.78, 5) is 50.5. The number of rotatable bonds is 7. The molecule has 0 radical (unpaired) electrons. The molecule has 9 heteroatoms. The van der Waals surface area contributed by atoms with Gasteiger partial charge in [0, 0.05) is 0 Å². The number of amides is 4. The fourth-order valence-electron chi connectivity index (χ4n) is 3.87. The fourth-order valence-corrected chi connectivity index (χ4v) is 3.87. The summed E-state index contributed by atoms with van der Waals surface area (Å²) >= 11 is 0. The predicted octanol–water partition coefficient (Wildman–Crippen LogP) is 4.26. The molecule has 3 aromatic carbocycles. The van der Waals surface area contributed by atoms with Crippen LogP contribution < -0.4 is 19.7 Å². The van der Waals surface area contributed by atoms with E-state index in [4.69, 9.17) is 14.6 Å². The number of carboxylic acid groups (broad SMARTS) is 1. The number of barbiturate groups is 1. The van der Waals surface area contributed by atoms with E-state index < -0.39 is 23.8 Å². The largest absolute Gasteiger partial charge is 0.493 e. The highest BCUT2D eigenvalue weighted by Gasteiger charge is 2.37. The number of hydrogen-bond donors (Lipinski definition) is 2. The molecule has 9 nitrogen and oxygen atoms in total. The maximum Gasteiger partial charge on any atom is 0.335 e. The Morgan fingerprint density at radius 3 is 2.49 bits per heavy atom. The van der Waals surface area contributed by atoms with Crippen LogP contribution in [0.25, 0.3) is 6.08 Å². The number of aryl methyl sites for hydroxylation is 1. The maximum absolute atomic E-state index is 13.2. The lowest BCUT2D eigenvalue weighted by molar-refractivity contribution is -0.122. The lowest BCUT2D eigenvalue weighted by atomic mass is 10.0. The smallest absolute Gasteiger partial charge is 0.335 e. The average molecular weight is 501 g/mol. The van der Waals surface area contributed by atoms with Crippen LogP contribution in [-0.4, -0.2) is 36.0 Å². The van der Waals surface area contributed by atoms with E-state index >= 15 is 0 Å². The second-order valence-electron chi connectivity index (χ2n) is 8.38. The number of nitrogens with zero attached hydrogens (tertiary/aromatic N) is 1. The first-order valence-corrected chi connectivity index (χ1v) is 11.3. The molecule has 37 heavy (non-hydrogen) atoms. The highest BCUT2D eigenvalue weighted by molar-refractivity contribution is 6.39. The van der Waals surface area contributed by atoms with E-state index in [9.17, 15) is 19.2 Å². The normalized spacial score (nSPS) is 14.5. The molecule has 3 aromatic rings. The molecule has 0 spiro atoms. The number of hydrogen-bond acceptors (Lipinski definition) is 6. The number of anilines is 1. The number of ether oxygens (including phenoxy) is 2. The zero-order valence-electron chi connectivity index (χ0n) is 20.4. The molecular weight excluding hydrogens is 476 g/mol. The zero-order valence-corrected chi connectivity index (χ0v) is 20.4. The number of methoxy groups -OCH3 is 1. The number of carbonyl (C=O) groups is 4. The molecule has 4 rings (SSSR count). The lowest BCUT2D eigenvalue weighted by Gasteiger charge is -2.28. The van der Waals surface area contributed by atoms with Crippen molar-refractivity contribution in [2.75, 3.05) is 12.0 Å². The van der Waals surface area contributed by atoms with Crippen molar-refractivity contribution < 1.29 is 33.8 Å². The van der Waals surface area contributed by atoms with Gasteiger partial charge in [-0.05, 0) is 72.5 Å². The van der Waals surface area contributed by atoms with Crippen molar-refractivity contribution in [3.63, 3.8) is 0 Å². The van der Waals surface area contributed by atoms with Gasteiger partial charge in [0.15, 0.2) is 11.5 Å². The topological polar surface area (TPSA) is 122 Å². The third-order valence-electron chi connectivity index (χ3n) is 5.99. The van der Waals surface area contributed by atoms with Crippen molar-refractivity contribution in [1.29, 1.82) is 0 Å². The Bertz CT molecular complexity index is 1460. The Balaban J connectivity index is 1.60. The van der Waals surface area contributed by atoms with Gasteiger partial charge >= 0.3 is 12.0 Å².